The van der Waals surface area contributed by atoms with Crippen LogP contribution in [0.4, 0.5) is 20.3 Å². The molecule has 0 atom stereocenters. The molecule has 0 fully saturated rings. The van der Waals surface area contributed by atoms with Crippen LogP contribution >= 0.6 is 0 Å². The molecule has 0 bridgehead atoms. The van der Waals surface area contributed by atoms with Crippen molar-refractivity contribution in [3.05, 3.63) is 47.9 Å². The molecule has 1 aromatic heterocycles. The van der Waals surface area contributed by atoms with Gasteiger partial charge in [0.05, 0.1) is 5.69 Å². The Morgan fingerprint density at radius 3 is 2.71 bits per heavy atom. The van der Waals surface area contributed by atoms with Gasteiger partial charge < -0.3 is 5.32 Å². The average Bonchev–Trinajstić information content (AvgIpc) is 2.33. The molecule has 0 radical (unpaired) electrons. The summed E-state index contributed by atoms with van der Waals surface area (Å²) in [6.07, 6.45) is 1.18. The number of benzene rings is 1. The van der Waals surface area contributed by atoms with Crippen molar-refractivity contribution in [3.8, 4) is 6.07 Å². The fraction of sp³-hybridized carbons (Fsp3) is 0. The molecule has 0 amide bonds. The number of halogens is 2. The van der Waals surface area contributed by atoms with Crippen molar-refractivity contribution in [2.24, 2.45) is 0 Å². The minimum absolute atomic E-state index is 0.0778. The predicted octanol–water partition coefficient (Wildman–Crippen LogP) is 2.37. The third kappa shape index (κ3) is 2.52. The third-order valence-electron chi connectivity index (χ3n) is 1.98. The molecular formula is C11H6F2N4. The molecule has 0 aliphatic heterocycles. The van der Waals surface area contributed by atoms with Crippen molar-refractivity contribution in [1.82, 2.24) is 9.97 Å². The zero-order valence-corrected chi connectivity index (χ0v) is 8.48. The SMILES string of the molecule is N#Cc1cc(Nc2ccc(F)cc2F)ncn1. The number of nitriles is 1. The molecule has 84 valence electrons. The molecule has 6 heteroatoms. The molecule has 0 saturated carbocycles. The van der Waals surface area contributed by atoms with Gasteiger partial charge in [-0.3, -0.25) is 0 Å². The highest BCUT2D eigenvalue weighted by Crippen LogP contribution is 2.19. The van der Waals surface area contributed by atoms with Crippen LogP contribution in [0.5, 0.6) is 0 Å². The van der Waals surface area contributed by atoms with Crippen LogP contribution in [0.1, 0.15) is 5.69 Å². The minimum Gasteiger partial charge on any atom is -0.338 e. The number of nitrogens with one attached hydrogen (secondary N) is 1. The average molecular weight is 232 g/mol. The van der Waals surface area contributed by atoms with Gasteiger partial charge in [-0.2, -0.15) is 5.26 Å². The van der Waals surface area contributed by atoms with Crippen molar-refractivity contribution in [2.75, 3.05) is 5.32 Å². The Balaban J connectivity index is 2.28. The van der Waals surface area contributed by atoms with E-state index in [1.807, 2.05) is 6.07 Å². The Morgan fingerprint density at radius 2 is 2.00 bits per heavy atom. The summed E-state index contributed by atoms with van der Waals surface area (Å²) in [7, 11) is 0. The van der Waals surface area contributed by atoms with E-state index in [-0.39, 0.29) is 17.2 Å². The van der Waals surface area contributed by atoms with Crippen LogP contribution < -0.4 is 5.32 Å². The lowest BCUT2D eigenvalue weighted by Crippen LogP contribution is -1.98. The summed E-state index contributed by atoms with van der Waals surface area (Å²) in [4.78, 5) is 7.48. The second kappa shape index (κ2) is 4.53. The van der Waals surface area contributed by atoms with Gasteiger partial charge in [0.15, 0.2) is 0 Å². The predicted molar refractivity (Wildman–Crippen MR) is 56.4 cm³/mol. The zero-order valence-electron chi connectivity index (χ0n) is 8.48. The molecule has 2 rings (SSSR count). The van der Waals surface area contributed by atoms with Gasteiger partial charge in [0, 0.05) is 12.1 Å². The number of rotatable bonds is 2. The van der Waals surface area contributed by atoms with Crippen molar-refractivity contribution in [3.63, 3.8) is 0 Å². The number of aromatic nitrogens is 2. The van der Waals surface area contributed by atoms with Gasteiger partial charge >= 0.3 is 0 Å². The molecule has 1 heterocycles. The van der Waals surface area contributed by atoms with Crippen molar-refractivity contribution < 1.29 is 8.78 Å². The van der Waals surface area contributed by atoms with E-state index in [9.17, 15) is 8.78 Å². The maximum Gasteiger partial charge on any atom is 0.149 e. The van der Waals surface area contributed by atoms with E-state index >= 15 is 0 Å². The minimum atomic E-state index is -0.734. The number of hydrogen-bond acceptors (Lipinski definition) is 4. The Kier molecular flexibility index (Phi) is 2.92. The monoisotopic (exact) mass is 232 g/mol. The number of anilines is 2. The summed E-state index contributed by atoms with van der Waals surface area (Å²) in [5, 5.41) is 11.3. The van der Waals surface area contributed by atoms with Crippen molar-refractivity contribution >= 4 is 11.5 Å². The van der Waals surface area contributed by atoms with E-state index < -0.39 is 11.6 Å². The second-order valence-electron chi connectivity index (χ2n) is 3.15. The first kappa shape index (κ1) is 11.0. The zero-order chi connectivity index (χ0) is 12.3. The van der Waals surface area contributed by atoms with Gasteiger partial charge in [-0.05, 0) is 12.1 Å². The van der Waals surface area contributed by atoms with E-state index in [0.717, 1.165) is 12.1 Å². The Labute approximate surface area is 95.6 Å². The summed E-state index contributed by atoms with van der Waals surface area (Å²) in [5.41, 5.74) is 0.235. The molecule has 0 aliphatic carbocycles. The van der Waals surface area contributed by atoms with Crippen LogP contribution in [0.2, 0.25) is 0 Å². The fourth-order valence-electron chi connectivity index (χ4n) is 1.22. The van der Waals surface area contributed by atoms with E-state index in [1.165, 1.54) is 18.5 Å². The van der Waals surface area contributed by atoms with E-state index in [4.69, 9.17) is 5.26 Å². The maximum atomic E-state index is 13.3. The first-order valence-corrected chi connectivity index (χ1v) is 4.63. The lowest BCUT2D eigenvalue weighted by molar-refractivity contribution is 0.586. The fourth-order valence-corrected chi connectivity index (χ4v) is 1.22. The molecule has 0 spiro atoms. The lowest BCUT2D eigenvalue weighted by atomic mass is 10.3. The Bertz CT molecular complexity index is 592. The number of hydrogen-bond donors (Lipinski definition) is 1. The highest BCUT2D eigenvalue weighted by molar-refractivity contribution is 5.57. The van der Waals surface area contributed by atoms with E-state index in [0.29, 0.717) is 0 Å². The molecule has 2 aromatic rings. The van der Waals surface area contributed by atoms with Crippen molar-refractivity contribution in [1.29, 1.82) is 5.26 Å². The van der Waals surface area contributed by atoms with Crippen LogP contribution in [0.25, 0.3) is 0 Å². The van der Waals surface area contributed by atoms with Gasteiger partial charge in [-0.1, -0.05) is 0 Å². The largest absolute Gasteiger partial charge is 0.338 e. The first-order valence-electron chi connectivity index (χ1n) is 4.63. The summed E-state index contributed by atoms with van der Waals surface area (Å²) in [6.45, 7) is 0. The van der Waals surface area contributed by atoms with Crippen LogP contribution in [-0.2, 0) is 0 Å². The van der Waals surface area contributed by atoms with Crippen LogP contribution in [-0.4, -0.2) is 9.97 Å². The van der Waals surface area contributed by atoms with Gasteiger partial charge in [-0.25, -0.2) is 18.7 Å². The second-order valence-corrected chi connectivity index (χ2v) is 3.15. The lowest BCUT2D eigenvalue weighted by Gasteiger charge is -2.06. The molecule has 1 aromatic carbocycles. The van der Waals surface area contributed by atoms with E-state index in [1.54, 1.807) is 0 Å². The molecular weight excluding hydrogens is 226 g/mol. The molecule has 4 nitrogen and oxygen atoms in total. The van der Waals surface area contributed by atoms with Gasteiger partial charge in [-0.15, -0.1) is 0 Å². The number of nitrogens with zero attached hydrogens (tertiary/aromatic N) is 3. The quantitative estimate of drug-likeness (QED) is 0.863. The summed E-state index contributed by atoms with van der Waals surface area (Å²) in [6, 6.07) is 6.33. The standard InChI is InChI=1S/C11H6F2N4/c12-7-1-2-10(9(13)3-7)17-11-4-8(5-14)15-6-16-11/h1-4,6H,(H,15,16,17). The maximum absolute atomic E-state index is 13.3. The molecule has 0 aliphatic rings. The Morgan fingerprint density at radius 1 is 1.18 bits per heavy atom. The summed E-state index contributed by atoms with van der Waals surface area (Å²) >= 11 is 0. The molecule has 1 N–H and O–H groups in total. The normalized spacial score (nSPS) is 9.71. The smallest absolute Gasteiger partial charge is 0.149 e. The first-order chi connectivity index (χ1) is 8.19. The van der Waals surface area contributed by atoms with Crippen LogP contribution in [0.3, 0.4) is 0 Å². The van der Waals surface area contributed by atoms with Crippen LogP contribution in [0, 0.1) is 23.0 Å². The highest BCUT2D eigenvalue weighted by atomic mass is 19.1. The van der Waals surface area contributed by atoms with E-state index in [2.05, 4.69) is 15.3 Å². The topological polar surface area (TPSA) is 61.6 Å². The molecule has 17 heavy (non-hydrogen) atoms. The molecule has 0 saturated heterocycles. The summed E-state index contributed by atoms with van der Waals surface area (Å²) in [5.74, 6) is -1.13. The van der Waals surface area contributed by atoms with Crippen LogP contribution in [0.15, 0.2) is 30.6 Å². The van der Waals surface area contributed by atoms with Gasteiger partial charge in [0.2, 0.25) is 0 Å². The van der Waals surface area contributed by atoms with Gasteiger partial charge in [0.1, 0.15) is 35.5 Å². The third-order valence-corrected chi connectivity index (χ3v) is 1.98. The Hall–Kier alpha value is -2.55. The van der Waals surface area contributed by atoms with Gasteiger partial charge in [0.25, 0.3) is 0 Å². The van der Waals surface area contributed by atoms with Crippen molar-refractivity contribution in [2.45, 2.75) is 0 Å². The molecule has 0 unspecified atom stereocenters. The highest BCUT2D eigenvalue weighted by Gasteiger charge is 2.05. The summed E-state index contributed by atoms with van der Waals surface area (Å²) < 4.78 is 26.0.